The molecule has 0 aromatic heterocycles. The van der Waals surface area contributed by atoms with E-state index in [1.807, 2.05) is 20.0 Å². The van der Waals surface area contributed by atoms with Crippen molar-refractivity contribution in [2.24, 2.45) is 11.3 Å². The summed E-state index contributed by atoms with van der Waals surface area (Å²) in [7, 11) is 0. The number of rotatable bonds is 15. The second-order valence-electron chi connectivity index (χ2n) is 13.0. The molecule has 2 aliphatic rings. The summed E-state index contributed by atoms with van der Waals surface area (Å²) in [6, 6.07) is 1.13. The number of likely N-dealkylation sites (N-methyl/N-ethyl adjacent to an activating group) is 1. The standard InChI is InChI=1S/C24H41N3.C9H20.C4H10.C2H6/c1-9-22(19(6)18(4)5)26(11-3)21(8)24-15-13-17-27(24)20(7)23-14-12-16-25(23)10-2;1-5-7-8-9(3,4)6-2;1-3-4-2;1-2/h10,18,22-24H,2,6-9,11-17H2,1,3-5H3;5-8H2,1-4H3;3-4H2,1-2H3;1-2H3. The largest absolute Gasteiger partial charge is 0.370 e. The Kier molecular flexibility index (Phi) is 24.1. The van der Waals surface area contributed by atoms with E-state index in [0.29, 0.717) is 29.5 Å². The summed E-state index contributed by atoms with van der Waals surface area (Å²) in [4.78, 5) is 7.38. The van der Waals surface area contributed by atoms with Crippen molar-refractivity contribution in [3.8, 4) is 0 Å². The van der Waals surface area contributed by atoms with Crippen molar-refractivity contribution in [2.75, 3.05) is 19.6 Å². The fraction of sp³-hybridized carbons (Fsp3) is 0.795. The fourth-order valence-electron chi connectivity index (χ4n) is 5.73. The first-order valence-corrected chi connectivity index (χ1v) is 17.9. The Morgan fingerprint density at radius 2 is 1.43 bits per heavy atom. The van der Waals surface area contributed by atoms with E-state index in [4.69, 9.17) is 0 Å². The molecule has 2 aliphatic heterocycles. The predicted octanol–water partition coefficient (Wildman–Crippen LogP) is 11.8. The molecule has 2 rings (SSSR count). The maximum atomic E-state index is 4.59. The van der Waals surface area contributed by atoms with Gasteiger partial charge in [-0.1, -0.05) is 140 Å². The molecule has 0 bridgehead atoms. The third-order valence-corrected chi connectivity index (χ3v) is 9.23. The summed E-state index contributed by atoms with van der Waals surface area (Å²) in [5.41, 5.74) is 4.41. The molecule has 2 heterocycles. The van der Waals surface area contributed by atoms with Gasteiger partial charge < -0.3 is 14.7 Å². The van der Waals surface area contributed by atoms with Crippen LogP contribution in [-0.4, -0.2) is 52.5 Å². The van der Waals surface area contributed by atoms with Gasteiger partial charge in [0.2, 0.25) is 0 Å². The molecule has 0 radical (unpaired) electrons. The average Bonchev–Trinajstić information content (AvgIpc) is 3.69. The van der Waals surface area contributed by atoms with E-state index in [1.54, 1.807) is 0 Å². The van der Waals surface area contributed by atoms with E-state index >= 15 is 0 Å². The zero-order valence-corrected chi connectivity index (χ0v) is 31.0. The van der Waals surface area contributed by atoms with Crippen LogP contribution in [0.1, 0.15) is 154 Å². The van der Waals surface area contributed by atoms with E-state index in [2.05, 4.69) is 110 Å². The quantitative estimate of drug-likeness (QED) is 0.176. The molecule has 248 valence electrons. The number of hydrogen-bond donors (Lipinski definition) is 0. The van der Waals surface area contributed by atoms with Gasteiger partial charge in [0.1, 0.15) is 0 Å². The highest BCUT2D eigenvalue weighted by Crippen LogP contribution is 2.35. The first-order chi connectivity index (χ1) is 19.9. The van der Waals surface area contributed by atoms with Crippen LogP contribution in [0, 0.1) is 11.3 Å². The van der Waals surface area contributed by atoms with Crippen LogP contribution >= 0.6 is 0 Å². The lowest BCUT2D eigenvalue weighted by Crippen LogP contribution is -2.45. The van der Waals surface area contributed by atoms with Crippen molar-refractivity contribution < 1.29 is 0 Å². The first kappa shape index (κ1) is 42.5. The van der Waals surface area contributed by atoms with Crippen LogP contribution < -0.4 is 0 Å². The zero-order chi connectivity index (χ0) is 32.9. The van der Waals surface area contributed by atoms with Gasteiger partial charge in [-0.3, -0.25) is 0 Å². The lowest BCUT2D eigenvalue weighted by molar-refractivity contribution is 0.207. The van der Waals surface area contributed by atoms with Crippen molar-refractivity contribution in [3.63, 3.8) is 0 Å². The topological polar surface area (TPSA) is 9.72 Å². The molecule has 3 heteroatoms. The van der Waals surface area contributed by atoms with Gasteiger partial charge in [0, 0.05) is 37.1 Å². The van der Waals surface area contributed by atoms with Crippen molar-refractivity contribution in [2.45, 2.75) is 172 Å². The minimum Gasteiger partial charge on any atom is -0.370 e. The molecule has 3 atom stereocenters. The maximum Gasteiger partial charge on any atom is 0.0682 e. The predicted molar refractivity (Wildman–Crippen MR) is 194 cm³/mol. The summed E-state index contributed by atoms with van der Waals surface area (Å²) in [6.45, 7) is 47.3. The van der Waals surface area contributed by atoms with E-state index in [0.717, 1.165) is 26.1 Å². The summed E-state index contributed by atoms with van der Waals surface area (Å²) < 4.78 is 0. The normalized spacial score (nSPS) is 18.6. The summed E-state index contributed by atoms with van der Waals surface area (Å²) in [5.74, 6) is 0.492. The molecule has 0 spiro atoms. The minimum atomic E-state index is 0.360. The zero-order valence-electron chi connectivity index (χ0n) is 31.0. The van der Waals surface area contributed by atoms with Gasteiger partial charge in [-0.05, 0) is 63.0 Å². The van der Waals surface area contributed by atoms with Crippen LogP contribution in [0.2, 0.25) is 0 Å². The van der Waals surface area contributed by atoms with E-state index in [1.165, 1.54) is 81.2 Å². The van der Waals surface area contributed by atoms with E-state index in [-0.39, 0.29) is 0 Å². The molecule has 0 saturated carbocycles. The van der Waals surface area contributed by atoms with Crippen LogP contribution in [0.3, 0.4) is 0 Å². The Balaban J connectivity index is 0. The van der Waals surface area contributed by atoms with Gasteiger partial charge in [-0.25, -0.2) is 0 Å². The van der Waals surface area contributed by atoms with Gasteiger partial charge >= 0.3 is 0 Å². The van der Waals surface area contributed by atoms with Gasteiger partial charge in [-0.2, -0.15) is 0 Å². The molecule has 2 saturated heterocycles. The third kappa shape index (κ3) is 14.2. The van der Waals surface area contributed by atoms with Crippen molar-refractivity contribution in [1.82, 2.24) is 14.7 Å². The molecule has 0 N–H and O–H groups in total. The molecule has 0 aromatic carbocycles. The monoisotopic (exact) mass is 588 g/mol. The molecule has 2 fully saturated rings. The highest BCUT2D eigenvalue weighted by atomic mass is 15.3. The fourth-order valence-corrected chi connectivity index (χ4v) is 5.73. The highest BCUT2D eigenvalue weighted by molar-refractivity contribution is 5.21. The smallest absolute Gasteiger partial charge is 0.0682 e. The maximum absolute atomic E-state index is 4.59. The molecule has 0 aromatic rings. The Morgan fingerprint density at radius 3 is 1.86 bits per heavy atom. The second-order valence-corrected chi connectivity index (χ2v) is 13.0. The lowest BCUT2D eigenvalue weighted by atomic mass is 9.85. The summed E-state index contributed by atoms with van der Waals surface area (Å²) in [5, 5.41) is 0. The van der Waals surface area contributed by atoms with Gasteiger partial charge in [-0.15, -0.1) is 0 Å². The molecule has 3 unspecified atom stereocenters. The highest BCUT2D eigenvalue weighted by Gasteiger charge is 2.36. The second kappa shape index (κ2) is 23.8. The van der Waals surface area contributed by atoms with Crippen LogP contribution in [-0.2, 0) is 0 Å². The van der Waals surface area contributed by atoms with Crippen LogP contribution in [0.5, 0.6) is 0 Å². The van der Waals surface area contributed by atoms with E-state index in [9.17, 15) is 0 Å². The lowest BCUT2D eigenvalue weighted by Gasteiger charge is -2.42. The number of likely N-dealkylation sites (tertiary alicyclic amines) is 2. The molecular formula is C39H77N3. The van der Waals surface area contributed by atoms with Gasteiger partial charge in [0.25, 0.3) is 0 Å². The third-order valence-electron chi connectivity index (χ3n) is 9.23. The van der Waals surface area contributed by atoms with E-state index < -0.39 is 0 Å². The number of nitrogens with zero attached hydrogens (tertiary/aromatic N) is 3. The van der Waals surface area contributed by atoms with Gasteiger partial charge in [0.15, 0.2) is 0 Å². The average molecular weight is 588 g/mol. The molecule has 3 nitrogen and oxygen atoms in total. The molecular weight excluding hydrogens is 510 g/mol. The van der Waals surface area contributed by atoms with Crippen molar-refractivity contribution >= 4 is 0 Å². The number of unbranched alkanes of at least 4 members (excludes halogenated alkanes) is 2. The SMILES string of the molecule is C=CN1CCCC1C(=C)N1CCCC1C(=C)N(CC)C(CC)C(=C)C(C)C.CC.CCCC.CCCCC(C)(C)CC. The Bertz CT molecular complexity index is 732. The molecule has 0 aliphatic carbocycles. The Morgan fingerprint density at radius 1 is 0.881 bits per heavy atom. The van der Waals surface area contributed by atoms with Crippen LogP contribution in [0.15, 0.2) is 49.5 Å². The van der Waals surface area contributed by atoms with Crippen LogP contribution in [0.4, 0.5) is 0 Å². The Labute approximate surface area is 266 Å². The molecule has 0 amide bonds. The first-order valence-electron chi connectivity index (χ1n) is 17.9. The van der Waals surface area contributed by atoms with Crippen molar-refractivity contribution in [3.05, 3.63) is 49.5 Å². The summed E-state index contributed by atoms with van der Waals surface area (Å²) >= 11 is 0. The van der Waals surface area contributed by atoms with Crippen LogP contribution in [0.25, 0.3) is 0 Å². The molecule has 42 heavy (non-hydrogen) atoms. The van der Waals surface area contributed by atoms with Gasteiger partial charge in [0.05, 0.1) is 12.1 Å². The summed E-state index contributed by atoms with van der Waals surface area (Å²) in [6.07, 6.45) is 15.9. The Hall–Kier alpha value is -1.64. The van der Waals surface area contributed by atoms with Crippen molar-refractivity contribution in [1.29, 1.82) is 0 Å². The number of hydrogen-bond acceptors (Lipinski definition) is 3. The minimum absolute atomic E-state index is 0.360.